The van der Waals surface area contributed by atoms with Crippen LogP contribution in [0.2, 0.25) is 0 Å². The van der Waals surface area contributed by atoms with Gasteiger partial charge in [-0.1, -0.05) is 69.0 Å². The molecule has 5 atom stereocenters. The van der Waals surface area contributed by atoms with Gasteiger partial charge in [0.15, 0.2) is 0 Å². The number of aryl methyl sites for hydroxylation is 1. The predicted molar refractivity (Wildman–Crippen MR) is 214 cm³/mol. The summed E-state index contributed by atoms with van der Waals surface area (Å²) >= 11 is 0. The van der Waals surface area contributed by atoms with Crippen LogP contribution in [0.25, 0.3) is 0 Å². The quantitative estimate of drug-likeness (QED) is 0.233. The minimum absolute atomic E-state index is 0.0521. The Balaban J connectivity index is 1.29. The zero-order valence-corrected chi connectivity index (χ0v) is 34.1. The molecule has 15 nitrogen and oxygen atoms in total. The Morgan fingerprint density at radius 3 is 2.40 bits per heavy atom. The Morgan fingerprint density at radius 1 is 0.948 bits per heavy atom. The Bertz CT molecular complexity index is 1800. The van der Waals surface area contributed by atoms with Crippen LogP contribution >= 0.6 is 0 Å². The molecule has 1 unspecified atom stereocenters. The second kappa shape index (κ2) is 20.9. The largest absolute Gasteiger partial charge is 0.493 e. The summed E-state index contributed by atoms with van der Waals surface area (Å²) in [6, 6.07) is 10.2. The molecule has 0 spiro atoms. The van der Waals surface area contributed by atoms with Crippen LogP contribution in [0.3, 0.4) is 0 Å². The molecule has 6 amide bonds. The summed E-state index contributed by atoms with van der Waals surface area (Å²) in [4.78, 5) is 97.6. The summed E-state index contributed by atoms with van der Waals surface area (Å²) in [6.45, 7) is 3.94. The maximum atomic E-state index is 14.6. The normalized spacial score (nSPS) is 21.4. The molecular formula is C43H58N6O9. The molecule has 5 rings (SSSR count). The fourth-order valence-corrected chi connectivity index (χ4v) is 7.99. The van der Waals surface area contributed by atoms with Crippen molar-refractivity contribution in [3.63, 3.8) is 0 Å². The van der Waals surface area contributed by atoms with Gasteiger partial charge in [0.2, 0.25) is 35.3 Å². The number of hydrogen-bond acceptors (Lipinski definition) is 9. The molecule has 3 aliphatic rings. The van der Waals surface area contributed by atoms with Crippen LogP contribution < -0.4 is 26.0 Å². The molecule has 2 aliphatic heterocycles. The molecule has 4 N–H and O–H groups in total. The molecule has 1 aliphatic carbocycles. The Hall–Kier alpha value is -5.31. The number of ketones is 1. The first kappa shape index (κ1) is 43.8. The van der Waals surface area contributed by atoms with E-state index in [1.54, 1.807) is 51.4 Å². The maximum Gasteiger partial charge on any atom is 0.290 e. The van der Waals surface area contributed by atoms with Gasteiger partial charge >= 0.3 is 0 Å². The van der Waals surface area contributed by atoms with Gasteiger partial charge in [0.1, 0.15) is 23.9 Å². The number of rotatable bonds is 12. The van der Waals surface area contributed by atoms with Crippen molar-refractivity contribution in [2.24, 2.45) is 5.92 Å². The van der Waals surface area contributed by atoms with Gasteiger partial charge in [0.05, 0.1) is 38.3 Å². The summed E-state index contributed by atoms with van der Waals surface area (Å²) in [5, 5.41) is 10.7. The molecule has 2 aromatic carbocycles. The van der Waals surface area contributed by atoms with E-state index in [1.165, 1.54) is 9.80 Å². The fourth-order valence-electron chi connectivity index (χ4n) is 7.99. The third-order valence-electron chi connectivity index (χ3n) is 10.9. The van der Waals surface area contributed by atoms with Crippen molar-refractivity contribution >= 4 is 41.2 Å². The number of nitrogens with one attached hydrogen (secondary N) is 4. The monoisotopic (exact) mass is 802 g/mol. The van der Waals surface area contributed by atoms with Crippen LogP contribution in [0.1, 0.15) is 87.4 Å². The summed E-state index contributed by atoms with van der Waals surface area (Å²) in [7, 11) is 3.12. The van der Waals surface area contributed by atoms with E-state index in [9.17, 15) is 33.6 Å². The van der Waals surface area contributed by atoms with Gasteiger partial charge in [-0.25, -0.2) is 0 Å². The molecule has 4 bridgehead atoms. The Labute approximate surface area is 340 Å². The van der Waals surface area contributed by atoms with Crippen molar-refractivity contribution in [1.29, 1.82) is 0 Å². The zero-order chi connectivity index (χ0) is 41.8. The van der Waals surface area contributed by atoms with Crippen molar-refractivity contribution < 1.29 is 43.0 Å². The number of nitrogens with zero attached hydrogens (tertiary/aromatic N) is 2. The molecule has 0 radical (unpaired) electrons. The number of carbonyl (C=O) groups is 7. The lowest BCUT2D eigenvalue weighted by Crippen LogP contribution is -2.58. The number of benzene rings is 2. The molecule has 1 saturated heterocycles. The molecule has 2 aromatic rings. The number of ether oxygens (including phenoxy) is 2. The summed E-state index contributed by atoms with van der Waals surface area (Å²) < 4.78 is 12.2. The van der Waals surface area contributed by atoms with Crippen molar-refractivity contribution in [2.45, 2.75) is 108 Å². The molecular weight excluding hydrogens is 745 g/mol. The predicted octanol–water partition coefficient (Wildman–Crippen LogP) is 2.29. The summed E-state index contributed by atoms with van der Waals surface area (Å²) in [5.74, 6) is -3.88. The standard InChI is InChI=1S/C43H58N6O9/c1-5-13-33(39(52)41(54)44-25-36(51)47-37(42(55)48(3)4)29-14-8-6-9-15-29)45-40(53)34-24-32-26-49(34)43(56)38(30-16-10-7-11-17-30)46-35(50)23-28-20-27(2)21-31(22-28)57-18-12-19-58-32/h6,8-9,14-15,20-22,30,32-34,37-38H,5,7,10-13,16-19,23-26H2,1-4H3,(H,44,54)(H,45,53)(H,46,50)(H,47,51)/t32-,33?,34+,37+,38+/m1/s1. The third-order valence-corrected chi connectivity index (χ3v) is 10.9. The minimum Gasteiger partial charge on any atom is -0.493 e. The molecule has 1 saturated carbocycles. The van der Waals surface area contributed by atoms with Crippen LogP contribution in [-0.4, -0.2) is 116 Å². The summed E-state index contributed by atoms with van der Waals surface area (Å²) in [6.07, 6.45) is 5.21. The van der Waals surface area contributed by atoms with Gasteiger partial charge in [-0.3, -0.25) is 33.6 Å². The molecule has 2 heterocycles. The van der Waals surface area contributed by atoms with Gasteiger partial charge in [-0.2, -0.15) is 0 Å². The van der Waals surface area contributed by atoms with Crippen LogP contribution in [0.4, 0.5) is 0 Å². The van der Waals surface area contributed by atoms with Gasteiger partial charge in [0.25, 0.3) is 5.91 Å². The first-order valence-corrected chi connectivity index (χ1v) is 20.5. The molecule has 15 heteroatoms. The smallest absolute Gasteiger partial charge is 0.290 e. The fraction of sp³-hybridized carbons (Fsp3) is 0.558. The average molecular weight is 803 g/mol. The Kier molecular flexibility index (Phi) is 15.8. The number of Topliss-reactive ketones (excluding diaryl/α,β-unsaturated/α-hetero) is 1. The highest BCUT2D eigenvalue weighted by Gasteiger charge is 2.45. The molecule has 58 heavy (non-hydrogen) atoms. The van der Waals surface area contributed by atoms with E-state index >= 15 is 0 Å². The second-order valence-corrected chi connectivity index (χ2v) is 15.8. The topological polar surface area (TPSA) is 193 Å². The highest BCUT2D eigenvalue weighted by molar-refractivity contribution is 6.38. The van der Waals surface area contributed by atoms with Crippen LogP contribution in [0, 0.1) is 12.8 Å². The van der Waals surface area contributed by atoms with E-state index in [0.29, 0.717) is 37.4 Å². The number of hydrogen-bond donors (Lipinski definition) is 4. The van der Waals surface area contributed by atoms with E-state index in [2.05, 4.69) is 21.3 Å². The van der Waals surface area contributed by atoms with Crippen molar-refractivity contribution in [1.82, 2.24) is 31.1 Å². The van der Waals surface area contributed by atoms with E-state index in [-0.39, 0.29) is 49.4 Å². The maximum absolute atomic E-state index is 14.6. The highest BCUT2D eigenvalue weighted by atomic mass is 16.5. The lowest BCUT2D eigenvalue weighted by molar-refractivity contribution is -0.144. The minimum atomic E-state index is -1.24. The van der Waals surface area contributed by atoms with E-state index in [1.807, 2.05) is 25.1 Å². The lowest BCUT2D eigenvalue weighted by Gasteiger charge is -2.35. The zero-order valence-electron chi connectivity index (χ0n) is 34.1. The first-order valence-electron chi connectivity index (χ1n) is 20.5. The third kappa shape index (κ3) is 11.9. The van der Waals surface area contributed by atoms with E-state index in [0.717, 1.165) is 43.2 Å². The average Bonchev–Trinajstić information content (AvgIpc) is 3.64. The number of carbonyl (C=O) groups excluding carboxylic acids is 7. The number of likely N-dealkylation sites (N-methyl/N-ethyl adjacent to an activating group) is 1. The van der Waals surface area contributed by atoms with Gasteiger partial charge in [-0.05, 0) is 60.9 Å². The van der Waals surface area contributed by atoms with E-state index < -0.39 is 60.3 Å². The molecule has 2 fully saturated rings. The number of amides is 6. The van der Waals surface area contributed by atoms with Crippen LogP contribution in [0.15, 0.2) is 48.5 Å². The van der Waals surface area contributed by atoms with Gasteiger partial charge < -0.3 is 40.5 Å². The van der Waals surface area contributed by atoms with Crippen molar-refractivity contribution in [3.05, 3.63) is 65.2 Å². The second-order valence-electron chi connectivity index (χ2n) is 15.8. The lowest BCUT2D eigenvalue weighted by atomic mass is 9.83. The van der Waals surface area contributed by atoms with E-state index in [4.69, 9.17) is 9.47 Å². The first-order chi connectivity index (χ1) is 27.8. The van der Waals surface area contributed by atoms with Crippen molar-refractivity contribution in [2.75, 3.05) is 40.4 Å². The van der Waals surface area contributed by atoms with Gasteiger partial charge in [-0.15, -0.1) is 0 Å². The van der Waals surface area contributed by atoms with Crippen LogP contribution in [0.5, 0.6) is 5.75 Å². The SMILES string of the molecule is CCCC(NC(=O)[C@@H]1C[C@@H]2CN1C(=O)[C@H](C1CCCCC1)NC(=O)Cc1cc(C)cc(c1)OCCCO2)C(=O)C(=O)NCC(=O)N[C@H](C(=O)N(C)C)c1ccccc1. The highest BCUT2D eigenvalue weighted by Crippen LogP contribution is 2.31. The number of fused-ring (bicyclic) bond motifs is 4. The van der Waals surface area contributed by atoms with Crippen molar-refractivity contribution in [3.8, 4) is 5.75 Å². The molecule has 314 valence electrons. The van der Waals surface area contributed by atoms with Crippen LogP contribution in [-0.2, 0) is 44.7 Å². The van der Waals surface area contributed by atoms with Gasteiger partial charge in [0, 0.05) is 33.5 Å². The Morgan fingerprint density at radius 2 is 1.69 bits per heavy atom. The summed E-state index contributed by atoms with van der Waals surface area (Å²) in [5.41, 5.74) is 2.26. The molecule has 0 aromatic heterocycles.